The summed E-state index contributed by atoms with van der Waals surface area (Å²) in [6, 6.07) is 7.18. The lowest BCUT2D eigenvalue weighted by molar-refractivity contribution is -0.497. The number of amides is 1. The number of nitrogens with zero attached hydrogens (tertiary/aromatic N) is 3. The zero-order valence-corrected chi connectivity index (χ0v) is 11.9. The molecule has 0 aliphatic heterocycles. The smallest absolute Gasteiger partial charge is 0.230 e. The monoisotopic (exact) mass is 300 g/mol. The van der Waals surface area contributed by atoms with Gasteiger partial charge in [0.2, 0.25) is 11.9 Å². The normalized spacial score (nSPS) is 19.6. The molecule has 1 fully saturated rings. The van der Waals surface area contributed by atoms with E-state index >= 15 is 0 Å². The zero-order chi connectivity index (χ0) is 15.5. The summed E-state index contributed by atoms with van der Waals surface area (Å²) in [6.07, 6.45) is 5.71. The fourth-order valence-corrected chi connectivity index (χ4v) is 2.45. The minimum absolute atomic E-state index is 0.235. The summed E-state index contributed by atoms with van der Waals surface area (Å²) in [5.41, 5.74) is 2.09. The molecular formula is C15H16N4O3. The van der Waals surface area contributed by atoms with Crippen LogP contribution in [-0.2, 0) is 17.9 Å². The third-order valence-electron chi connectivity index (χ3n) is 3.75. The van der Waals surface area contributed by atoms with Crippen molar-refractivity contribution < 1.29 is 9.72 Å². The predicted octanol–water partition coefficient (Wildman–Crippen LogP) is 1.21. The maximum atomic E-state index is 11.8. The number of benzene rings is 1. The van der Waals surface area contributed by atoms with Crippen LogP contribution in [0.4, 0.5) is 0 Å². The van der Waals surface area contributed by atoms with E-state index in [9.17, 15) is 14.9 Å². The Morgan fingerprint density at radius 2 is 2.27 bits per heavy atom. The van der Waals surface area contributed by atoms with Crippen LogP contribution in [0.1, 0.15) is 17.5 Å². The van der Waals surface area contributed by atoms with Crippen molar-refractivity contribution in [2.24, 2.45) is 5.92 Å². The molecule has 1 aliphatic rings. The molecule has 2 unspecified atom stereocenters. The van der Waals surface area contributed by atoms with Crippen LogP contribution < -0.4 is 5.32 Å². The third-order valence-corrected chi connectivity index (χ3v) is 3.75. The molecule has 1 aromatic heterocycles. The molecule has 0 radical (unpaired) electrons. The predicted molar refractivity (Wildman–Crippen MR) is 78.5 cm³/mol. The van der Waals surface area contributed by atoms with Crippen LogP contribution in [0.25, 0.3) is 0 Å². The van der Waals surface area contributed by atoms with Crippen molar-refractivity contribution in [2.45, 2.75) is 25.6 Å². The third kappa shape index (κ3) is 3.30. The highest BCUT2D eigenvalue weighted by Gasteiger charge is 2.53. The molecule has 1 aromatic carbocycles. The molecule has 1 saturated carbocycles. The average Bonchev–Trinajstić information content (AvgIpc) is 3.17. The molecule has 1 amide bonds. The van der Waals surface area contributed by atoms with Gasteiger partial charge in [-0.1, -0.05) is 24.3 Å². The molecule has 2 atom stereocenters. The molecule has 7 heteroatoms. The number of hydrogen-bond acceptors (Lipinski definition) is 4. The Balaban J connectivity index is 1.55. The highest BCUT2D eigenvalue weighted by atomic mass is 16.6. The number of nitrogens with one attached hydrogen (secondary N) is 1. The van der Waals surface area contributed by atoms with E-state index in [4.69, 9.17) is 0 Å². The molecule has 114 valence electrons. The second kappa shape index (κ2) is 5.97. The molecule has 7 nitrogen and oxygen atoms in total. The first kappa shape index (κ1) is 14.2. The summed E-state index contributed by atoms with van der Waals surface area (Å²) in [4.78, 5) is 26.0. The largest absolute Gasteiger partial charge is 0.352 e. The van der Waals surface area contributed by atoms with Gasteiger partial charge in [-0.2, -0.15) is 0 Å². The van der Waals surface area contributed by atoms with Crippen LogP contribution >= 0.6 is 0 Å². The van der Waals surface area contributed by atoms with E-state index in [-0.39, 0.29) is 10.8 Å². The minimum Gasteiger partial charge on any atom is -0.352 e. The average molecular weight is 300 g/mol. The molecule has 1 aliphatic carbocycles. The summed E-state index contributed by atoms with van der Waals surface area (Å²) in [7, 11) is 0. The van der Waals surface area contributed by atoms with Crippen LogP contribution in [0, 0.1) is 16.0 Å². The second-order valence-corrected chi connectivity index (χ2v) is 5.47. The van der Waals surface area contributed by atoms with Crippen molar-refractivity contribution in [3.05, 3.63) is 64.2 Å². The van der Waals surface area contributed by atoms with Gasteiger partial charge in [0.1, 0.15) is 5.92 Å². The number of imidazole rings is 1. The van der Waals surface area contributed by atoms with E-state index < -0.39 is 12.0 Å². The Hall–Kier alpha value is -2.70. The van der Waals surface area contributed by atoms with Crippen LogP contribution in [-0.4, -0.2) is 26.4 Å². The maximum Gasteiger partial charge on any atom is 0.230 e. The summed E-state index contributed by atoms with van der Waals surface area (Å²) in [5, 5.41) is 13.3. The van der Waals surface area contributed by atoms with E-state index in [1.54, 1.807) is 12.5 Å². The van der Waals surface area contributed by atoms with Crippen LogP contribution in [0.5, 0.6) is 0 Å². The number of hydrogen-bond donors (Lipinski definition) is 1. The van der Waals surface area contributed by atoms with Crippen molar-refractivity contribution in [1.82, 2.24) is 14.9 Å². The molecule has 3 rings (SSSR count). The van der Waals surface area contributed by atoms with Gasteiger partial charge in [0, 0.05) is 36.8 Å². The van der Waals surface area contributed by atoms with E-state index in [1.165, 1.54) is 0 Å². The van der Waals surface area contributed by atoms with Crippen molar-refractivity contribution in [1.29, 1.82) is 0 Å². The number of carbonyl (C=O) groups excluding carboxylic acids is 1. The van der Waals surface area contributed by atoms with Gasteiger partial charge in [-0.05, 0) is 11.1 Å². The van der Waals surface area contributed by atoms with Crippen molar-refractivity contribution in [2.75, 3.05) is 0 Å². The van der Waals surface area contributed by atoms with Gasteiger partial charge in [-0.15, -0.1) is 0 Å². The molecule has 0 spiro atoms. The van der Waals surface area contributed by atoms with Gasteiger partial charge in [-0.25, -0.2) is 4.98 Å². The Morgan fingerprint density at radius 1 is 1.45 bits per heavy atom. The standard InChI is InChI=1S/C15H16N4O3/c20-15(13-7-14(13)19(21)22)17-8-11-2-1-3-12(6-11)9-18-5-4-16-10-18/h1-6,10,13-14H,7-9H2,(H,17,20). The Labute approximate surface area is 127 Å². The summed E-state index contributed by atoms with van der Waals surface area (Å²) in [6.45, 7) is 1.10. The van der Waals surface area contributed by atoms with Crippen molar-refractivity contribution in [3.63, 3.8) is 0 Å². The molecule has 0 bridgehead atoms. The number of rotatable bonds is 6. The molecule has 1 N–H and O–H groups in total. The Bertz CT molecular complexity index is 684. The highest BCUT2D eigenvalue weighted by Crippen LogP contribution is 2.33. The summed E-state index contributed by atoms with van der Waals surface area (Å²) >= 11 is 0. The molecule has 22 heavy (non-hydrogen) atoms. The van der Waals surface area contributed by atoms with Gasteiger partial charge < -0.3 is 9.88 Å². The minimum atomic E-state index is -0.701. The summed E-state index contributed by atoms with van der Waals surface area (Å²) < 4.78 is 1.96. The molecule has 2 aromatic rings. The van der Waals surface area contributed by atoms with Gasteiger partial charge in [0.15, 0.2) is 0 Å². The van der Waals surface area contributed by atoms with Gasteiger partial charge >= 0.3 is 0 Å². The first-order chi connectivity index (χ1) is 10.6. The van der Waals surface area contributed by atoms with Gasteiger partial charge in [0.25, 0.3) is 0 Å². The Morgan fingerprint density at radius 3 is 2.95 bits per heavy atom. The fraction of sp³-hybridized carbons (Fsp3) is 0.333. The van der Waals surface area contributed by atoms with Gasteiger partial charge in [0.05, 0.1) is 6.33 Å². The zero-order valence-electron chi connectivity index (χ0n) is 11.9. The molecule has 0 saturated heterocycles. The van der Waals surface area contributed by atoms with Crippen LogP contribution in [0.3, 0.4) is 0 Å². The van der Waals surface area contributed by atoms with Crippen LogP contribution in [0.2, 0.25) is 0 Å². The first-order valence-electron chi connectivity index (χ1n) is 7.08. The highest BCUT2D eigenvalue weighted by molar-refractivity contribution is 5.81. The number of nitro groups is 1. The van der Waals surface area contributed by atoms with E-state index in [0.717, 1.165) is 11.1 Å². The van der Waals surface area contributed by atoms with Gasteiger partial charge in [-0.3, -0.25) is 14.9 Å². The lowest BCUT2D eigenvalue weighted by Gasteiger charge is -2.07. The number of aromatic nitrogens is 2. The Kier molecular flexibility index (Phi) is 3.86. The topological polar surface area (TPSA) is 90.1 Å². The maximum absolute atomic E-state index is 11.8. The number of carbonyl (C=O) groups is 1. The van der Waals surface area contributed by atoms with E-state index in [0.29, 0.717) is 19.5 Å². The lowest BCUT2D eigenvalue weighted by Crippen LogP contribution is -2.26. The second-order valence-electron chi connectivity index (χ2n) is 5.47. The fourth-order valence-electron chi connectivity index (χ4n) is 2.45. The van der Waals surface area contributed by atoms with E-state index in [1.807, 2.05) is 35.0 Å². The van der Waals surface area contributed by atoms with Crippen LogP contribution in [0.15, 0.2) is 43.0 Å². The lowest BCUT2D eigenvalue weighted by atomic mass is 10.1. The quantitative estimate of drug-likeness (QED) is 0.641. The first-order valence-corrected chi connectivity index (χ1v) is 7.08. The summed E-state index contributed by atoms with van der Waals surface area (Å²) in [5.74, 6) is -0.703. The van der Waals surface area contributed by atoms with Crippen molar-refractivity contribution in [3.8, 4) is 0 Å². The molecular weight excluding hydrogens is 284 g/mol. The molecule has 1 heterocycles. The SMILES string of the molecule is O=C(NCc1cccc(Cn2ccnc2)c1)C1CC1[N+](=O)[O-]. The van der Waals surface area contributed by atoms with Crippen molar-refractivity contribution >= 4 is 5.91 Å². The van der Waals surface area contributed by atoms with E-state index in [2.05, 4.69) is 10.3 Å².